The van der Waals surface area contributed by atoms with Crippen molar-refractivity contribution in [1.29, 1.82) is 0 Å². The molecule has 1 N–H and O–H groups in total. The van der Waals surface area contributed by atoms with Crippen LogP contribution in [0.1, 0.15) is 27.2 Å². The van der Waals surface area contributed by atoms with E-state index in [0.29, 0.717) is 31.4 Å². The average Bonchev–Trinajstić information content (AvgIpc) is 2.87. The van der Waals surface area contributed by atoms with Crippen molar-refractivity contribution in [3.63, 3.8) is 0 Å². The highest BCUT2D eigenvalue weighted by atomic mass is 79.9. The number of rotatable bonds is 3. The number of halogens is 2. The summed E-state index contributed by atoms with van der Waals surface area (Å²) in [6, 6.07) is 0. The summed E-state index contributed by atoms with van der Waals surface area (Å²) in [7, 11) is 0. The first kappa shape index (κ1) is 17.3. The number of aromatic nitrogens is 2. The van der Waals surface area contributed by atoms with Crippen molar-refractivity contribution in [3.8, 4) is 0 Å². The van der Waals surface area contributed by atoms with Gasteiger partial charge in [0.05, 0.1) is 4.47 Å². The van der Waals surface area contributed by atoms with E-state index < -0.39 is 5.60 Å². The van der Waals surface area contributed by atoms with E-state index in [4.69, 9.17) is 16.3 Å². The third kappa shape index (κ3) is 4.98. The summed E-state index contributed by atoms with van der Waals surface area (Å²) in [5.41, 5.74) is -0.462. The molecule has 1 amide bonds. The van der Waals surface area contributed by atoms with Crippen LogP contribution >= 0.6 is 27.5 Å². The van der Waals surface area contributed by atoms with Crippen molar-refractivity contribution < 1.29 is 9.53 Å². The number of hydrogen-bond acceptors (Lipinski definition) is 5. The Bertz CT molecular complexity index is 550. The van der Waals surface area contributed by atoms with Crippen LogP contribution in [0.2, 0.25) is 5.28 Å². The monoisotopic (exact) mass is 390 g/mol. The molecule has 1 fully saturated rings. The van der Waals surface area contributed by atoms with E-state index in [1.54, 1.807) is 11.1 Å². The standard InChI is InChI=1S/C14H20BrClN4O2/c1-14(2,3)22-13(21)20-5-4-9(8-20)6-17-11-10(15)7-18-12(16)19-11/h7,9H,4-6,8H2,1-3H3,(H,17,18,19). The number of nitrogens with zero attached hydrogens (tertiary/aromatic N) is 3. The first-order chi connectivity index (χ1) is 10.2. The topological polar surface area (TPSA) is 67.3 Å². The number of hydrogen-bond donors (Lipinski definition) is 1. The number of ether oxygens (including phenoxy) is 1. The zero-order chi connectivity index (χ0) is 16.3. The van der Waals surface area contributed by atoms with Crippen molar-refractivity contribution in [3.05, 3.63) is 16.0 Å². The second-order valence-electron chi connectivity index (χ2n) is 6.30. The molecule has 1 aromatic rings. The van der Waals surface area contributed by atoms with Gasteiger partial charge >= 0.3 is 6.09 Å². The van der Waals surface area contributed by atoms with Crippen LogP contribution in [0.25, 0.3) is 0 Å². The molecule has 1 unspecified atom stereocenters. The maximum absolute atomic E-state index is 12.0. The van der Waals surface area contributed by atoms with Crippen LogP contribution in [0.5, 0.6) is 0 Å². The van der Waals surface area contributed by atoms with Gasteiger partial charge in [-0.15, -0.1) is 0 Å². The zero-order valence-corrected chi connectivity index (χ0v) is 15.2. The second-order valence-corrected chi connectivity index (χ2v) is 7.49. The first-order valence-corrected chi connectivity index (χ1v) is 8.31. The molecule has 8 heteroatoms. The van der Waals surface area contributed by atoms with Gasteiger partial charge in [-0.25, -0.2) is 9.78 Å². The van der Waals surface area contributed by atoms with Crippen molar-refractivity contribution in [2.24, 2.45) is 5.92 Å². The van der Waals surface area contributed by atoms with E-state index in [9.17, 15) is 4.79 Å². The molecule has 1 aliphatic rings. The number of amides is 1. The molecular formula is C14H20BrClN4O2. The van der Waals surface area contributed by atoms with Gasteiger partial charge in [0.25, 0.3) is 0 Å². The van der Waals surface area contributed by atoms with E-state index in [1.807, 2.05) is 20.8 Å². The molecule has 2 heterocycles. The Morgan fingerprint density at radius 2 is 2.32 bits per heavy atom. The largest absolute Gasteiger partial charge is 0.444 e. The number of carbonyl (C=O) groups excluding carboxylic acids is 1. The van der Waals surface area contributed by atoms with E-state index in [-0.39, 0.29) is 11.4 Å². The molecule has 1 saturated heterocycles. The Kier molecular flexibility index (Phi) is 5.50. The Morgan fingerprint density at radius 1 is 1.59 bits per heavy atom. The highest BCUT2D eigenvalue weighted by Crippen LogP contribution is 2.23. The molecule has 122 valence electrons. The van der Waals surface area contributed by atoms with Crippen LogP contribution in [0.4, 0.5) is 10.6 Å². The molecule has 1 atom stereocenters. The molecule has 0 aliphatic carbocycles. The summed E-state index contributed by atoms with van der Waals surface area (Å²) in [5, 5.41) is 3.44. The molecule has 6 nitrogen and oxygen atoms in total. The molecular weight excluding hydrogens is 372 g/mol. The van der Waals surface area contributed by atoms with Gasteiger partial charge in [-0.05, 0) is 60.6 Å². The minimum absolute atomic E-state index is 0.201. The van der Waals surface area contributed by atoms with Crippen molar-refractivity contribution in [1.82, 2.24) is 14.9 Å². The Labute approximate surface area is 143 Å². The molecule has 0 aromatic carbocycles. The Balaban J connectivity index is 1.84. The summed E-state index contributed by atoms with van der Waals surface area (Å²) in [6.07, 6.45) is 2.29. The lowest BCUT2D eigenvalue weighted by atomic mass is 10.1. The van der Waals surface area contributed by atoms with Crippen LogP contribution in [-0.2, 0) is 4.74 Å². The third-order valence-electron chi connectivity index (χ3n) is 3.21. The lowest BCUT2D eigenvalue weighted by molar-refractivity contribution is 0.0289. The molecule has 1 aliphatic heterocycles. The molecule has 0 saturated carbocycles. The van der Waals surface area contributed by atoms with E-state index >= 15 is 0 Å². The molecule has 22 heavy (non-hydrogen) atoms. The number of likely N-dealkylation sites (tertiary alicyclic amines) is 1. The average molecular weight is 392 g/mol. The van der Waals surface area contributed by atoms with E-state index in [2.05, 4.69) is 31.2 Å². The minimum atomic E-state index is -0.462. The predicted octanol–water partition coefficient (Wildman–Crippen LogP) is 3.56. The highest BCUT2D eigenvalue weighted by molar-refractivity contribution is 9.10. The van der Waals surface area contributed by atoms with E-state index in [1.165, 1.54) is 0 Å². The SMILES string of the molecule is CC(C)(C)OC(=O)N1CCC(CNc2nc(Cl)ncc2Br)C1. The molecule has 1 aromatic heterocycles. The number of carbonyl (C=O) groups is 1. The van der Waals surface area contributed by atoms with Gasteiger partial charge in [-0.2, -0.15) is 4.98 Å². The number of anilines is 1. The zero-order valence-electron chi connectivity index (χ0n) is 12.9. The molecule has 2 rings (SSSR count). The van der Waals surface area contributed by atoms with Crippen molar-refractivity contribution >= 4 is 39.4 Å². The fourth-order valence-corrected chi connectivity index (χ4v) is 2.67. The first-order valence-electron chi connectivity index (χ1n) is 7.14. The molecule has 0 spiro atoms. The maximum Gasteiger partial charge on any atom is 0.410 e. The van der Waals surface area contributed by atoms with Crippen LogP contribution in [0, 0.1) is 5.92 Å². The van der Waals surface area contributed by atoms with Crippen molar-refractivity contribution in [2.75, 3.05) is 25.0 Å². The van der Waals surface area contributed by atoms with Gasteiger partial charge in [0.2, 0.25) is 5.28 Å². The predicted molar refractivity (Wildman–Crippen MR) is 89.1 cm³/mol. The van der Waals surface area contributed by atoms with Gasteiger partial charge in [-0.3, -0.25) is 0 Å². The second kappa shape index (κ2) is 7.00. The quantitative estimate of drug-likeness (QED) is 0.798. The Hall–Kier alpha value is -1.08. The van der Waals surface area contributed by atoms with Gasteiger partial charge in [0.15, 0.2) is 0 Å². The summed E-state index contributed by atoms with van der Waals surface area (Å²) < 4.78 is 6.15. The Morgan fingerprint density at radius 3 is 3.00 bits per heavy atom. The van der Waals surface area contributed by atoms with Crippen LogP contribution in [-0.4, -0.2) is 46.2 Å². The van der Waals surface area contributed by atoms with Crippen LogP contribution < -0.4 is 5.32 Å². The van der Waals surface area contributed by atoms with Crippen LogP contribution in [0.15, 0.2) is 10.7 Å². The summed E-state index contributed by atoms with van der Waals surface area (Å²) in [5.74, 6) is 1.02. The van der Waals surface area contributed by atoms with E-state index in [0.717, 1.165) is 10.9 Å². The number of nitrogens with one attached hydrogen (secondary N) is 1. The summed E-state index contributed by atoms with van der Waals surface area (Å²) in [4.78, 5) is 21.8. The molecule has 0 radical (unpaired) electrons. The summed E-state index contributed by atoms with van der Waals surface area (Å²) in [6.45, 7) is 7.72. The lowest BCUT2D eigenvalue weighted by Crippen LogP contribution is -2.35. The third-order valence-corrected chi connectivity index (χ3v) is 3.97. The normalized spacial score (nSPS) is 18.4. The fourth-order valence-electron chi connectivity index (χ4n) is 2.20. The van der Waals surface area contributed by atoms with Gasteiger partial charge < -0.3 is 15.0 Å². The highest BCUT2D eigenvalue weighted by Gasteiger charge is 2.29. The maximum atomic E-state index is 12.0. The van der Waals surface area contributed by atoms with Gasteiger partial charge in [0.1, 0.15) is 11.4 Å². The van der Waals surface area contributed by atoms with Crippen molar-refractivity contribution in [2.45, 2.75) is 32.8 Å². The van der Waals surface area contributed by atoms with Gasteiger partial charge in [-0.1, -0.05) is 0 Å². The van der Waals surface area contributed by atoms with Gasteiger partial charge in [0, 0.05) is 25.8 Å². The minimum Gasteiger partial charge on any atom is -0.444 e. The summed E-state index contributed by atoms with van der Waals surface area (Å²) >= 11 is 9.16. The van der Waals surface area contributed by atoms with Crippen LogP contribution in [0.3, 0.4) is 0 Å². The lowest BCUT2D eigenvalue weighted by Gasteiger charge is -2.24. The smallest absolute Gasteiger partial charge is 0.410 e. The fraction of sp³-hybridized carbons (Fsp3) is 0.643. The molecule has 0 bridgehead atoms.